The summed E-state index contributed by atoms with van der Waals surface area (Å²) < 4.78 is 21.8. The number of aromatic nitrogens is 1. The molecule has 0 aliphatic carbocycles. The smallest absolute Gasteiger partial charge is 0.338 e. The highest BCUT2D eigenvalue weighted by atomic mass is 32.1. The van der Waals surface area contributed by atoms with Gasteiger partial charge in [-0.05, 0) is 6.92 Å². The predicted molar refractivity (Wildman–Crippen MR) is 58.3 cm³/mol. The lowest BCUT2D eigenvalue weighted by molar-refractivity contribution is 0.343. The second-order valence-electron chi connectivity index (χ2n) is 2.97. The van der Waals surface area contributed by atoms with Crippen LogP contribution in [0.4, 0.5) is 5.13 Å². The molecule has 1 rings (SSSR count). The Balaban J connectivity index is 2.97. The molecule has 0 radical (unpaired) electrons. The largest absolute Gasteiger partial charge is 0.360 e. The Kier molecular flexibility index (Phi) is 3.91. The van der Waals surface area contributed by atoms with E-state index < -0.39 is 20.7 Å². The zero-order chi connectivity index (χ0) is 12.6. The molecule has 16 heavy (non-hydrogen) atoms. The van der Waals surface area contributed by atoms with Gasteiger partial charge in [-0.2, -0.15) is 0 Å². The number of nitrogens with zero attached hydrogens (tertiary/aromatic N) is 1. The maximum Gasteiger partial charge on any atom is 0.360 e. The summed E-state index contributed by atoms with van der Waals surface area (Å²) in [6.07, 6.45) is 1.42. The Hall–Kier alpha value is -0.270. The third kappa shape index (κ3) is 3.64. The Morgan fingerprint density at radius 2 is 1.81 bits per heavy atom. The van der Waals surface area contributed by atoms with Crippen LogP contribution in [0.25, 0.3) is 0 Å². The minimum Gasteiger partial charge on any atom is -0.338 e. The maximum atomic E-state index is 10.9. The van der Waals surface area contributed by atoms with E-state index in [-0.39, 0.29) is 5.13 Å². The van der Waals surface area contributed by atoms with E-state index in [4.69, 9.17) is 19.6 Å². The first-order valence-electron chi connectivity index (χ1n) is 3.90. The van der Waals surface area contributed by atoms with Gasteiger partial charge in [-0.15, -0.1) is 11.3 Å². The molecule has 1 aromatic heterocycles. The molecule has 5 N–H and O–H groups in total. The Morgan fingerprint density at radius 3 is 2.12 bits per heavy atom. The monoisotopic (exact) mass is 288 g/mol. The molecule has 92 valence electrons. The van der Waals surface area contributed by atoms with Crippen molar-refractivity contribution in [1.82, 2.24) is 4.98 Å². The molecule has 8 nitrogen and oxygen atoms in total. The predicted octanol–water partition coefficient (Wildman–Crippen LogP) is 0.502. The zero-order valence-corrected chi connectivity index (χ0v) is 10.6. The number of rotatable bonds is 4. The minimum absolute atomic E-state index is 0.0501. The number of hydrogen-bond acceptors (Lipinski definition) is 5. The Bertz CT molecular complexity index is 441. The van der Waals surface area contributed by atoms with Gasteiger partial charge in [0.1, 0.15) is 0 Å². The van der Waals surface area contributed by atoms with E-state index in [1.165, 1.54) is 6.20 Å². The van der Waals surface area contributed by atoms with Gasteiger partial charge in [0.15, 0.2) is 5.13 Å². The van der Waals surface area contributed by atoms with Crippen LogP contribution < -0.4 is 5.32 Å². The van der Waals surface area contributed by atoms with Gasteiger partial charge in [0.25, 0.3) is 0 Å². The van der Waals surface area contributed by atoms with E-state index in [2.05, 4.69) is 10.3 Å². The second kappa shape index (κ2) is 4.54. The van der Waals surface area contributed by atoms with Gasteiger partial charge in [0.05, 0.1) is 0 Å². The normalized spacial score (nSPS) is 13.1. The number of nitrogens with one attached hydrogen (secondary N) is 1. The molecular weight excluding hydrogens is 278 g/mol. The van der Waals surface area contributed by atoms with Crippen molar-refractivity contribution >= 4 is 31.7 Å². The highest BCUT2D eigenvalue weighted by molar-refractivity contribution is 7.71. The fourth-order valence-electron chi connectivity index (χ4n) is 0.896. The summed E-state index contributed by atoms with van der Waals surface area (Å²) in [4.78, 5) is 39.7. The van der Waals surface area contributed by atoms with E-state index in [9.17, 15) is 9.13 Å². The first kappa shape index (κ1) is 13.8. The van der Waals surface area contributed by atoms with Crippen LogP contribution in [0.3, 0.4) is 0 Å². The highest BCUT2D eigenvalue weighted by Gasteiger charge is 2.43. The summed E-state index contributed by atoms with van der Waals surface area (Å²) in [5.41, 5.74) is -2.26. The van der Waals surface area contributed by atoms with Crippen LogP contribution in [0.1, 0.15) is 4.88 Å². The standard InChI is InChI=1S/C5H10N2O6P2S/c1-3-2-6-4(16-3)7-5(14(8,9)10)15(11,12)13/h2,5H,1H3,(H,6,7)(H2,8,9,10)(H2,11,12,13). The van der Waals surface area contributed by atoms with Crippen LogP contribution in [-0.2, 0) is 9.13 Å². The number of anilines is 1. The molecule has 0 atom stereocenters. The summed E-state index contributed by atoms with van der Waals surface area (Å²) in [5, 5.41) is 2.11. The molecular formula is C5H10N2O6P2S. The van der Waals surface area contributed by atoms with Gasteiger partial charge < -0.3 is 24.9 Å². The summed E-state index contributed by atoms with van der Waals surface area (Å²) >= 11 is 1.04. The van der Waals surface area contributed by atoms with Crippen LogP contribution >= 0.6 is 26.5 Å². The lowest BCUT2D eigenvalue weighted by Crippen LogP contribution is -2.19. The van der Waals surface area contributed by atoms with Crippen LogP contribution in [0.5, 0.6) is 0 Å². The molecule has 0 unspecified atom stereocenters. The van der Waals surface area contributed by atoms with Crippen molar-refractivity contribution in [2.24, 2.45) is 0 Å². The molecule has 0 bridgehead atoms. The zero-order valence-electron chi connectivity index (χ0n) is 8.01. The molecule has 0 fully saturated rings. The molecule has 1 aromatic rings. The maximum absolute atomic E-state index is 10.9. The summed E-state index contributed by atoms with van der Waals surface area (Å²) in [7, 11) is -9.92. The van der Waals surface area contributed by atoms with Gasteiger partial charge in [0.2, 0.25) is 5.52 Å². The molecule has 1 heterocycles. The molecule has 11 heteroatoms. The summed E-state index contributed by atoms with van der Waals surface area (Å²) in [6.45, 7) is 1.70. The van der Waals surface area contributed by atoms with Crippen molar-refractivity contribution < 1.29 is 28.7 Å². The first-order chi connectivity index (χ1) is 7.10. The lowest BCUT2D eigenvalue weighted by atomic mass is 10.7. The SMILES string of the molecule is Cc1cnc(NC(P(=O)(O)O)P(=O)(O)O)s1. The molecule has 0 spiro atoms. The fraction of sp³-hybridized carbons (Fsp3) is 0.400. The summed E-state index contributed by atoms with van der Waals surface area (Å²) in [5.74, 6) is 0. The quantitative estimate of drug-likeness (QED) is 0.504. The molecule has 0 amide bonds. The number of hydrogen-bond donors (Lipinski definition) is 5. The van der Waals surface area contributed by atoms with E-state index in [1.807, 2.05) is 0 Å². The van der Waals surface area contributed by atoms with Gasteiger partial charge in [-0.3, -0.25) is 9.13 Å². The topological polar surface area (TPSA) is 140 Å². The fourth-order valence-corrected chi connectivity index (χ4v) is 3.91. The lowest BCUT2D eigenvalue weighted by Gasteiger charge is -2.19. The Morgan fingerprint density at radius 1 is 1.31 bits per heavy atom. The molecule has 0 saturated heterocycles. The molecule has 0 aromatic carbocycles. The second-order valence-corrected chi connectivity index (χ2v) is 8.00. The average molecular weight is 288 g/mol. The van der Waals surface area contributed by atoms with E-state index in [0.29, 0.717) is 0 Å². The van der Waals surface area contributed by atoms with E-state index in [1.54, 1.807) is 6.92 Å². The van der Waals surface area contributed by atoms with Crippen molar-refractivity contribution in [3.05, 3.63) is 11.1 Å². The number of aryl methyl sites for hydroxylation is 1. The van der Waals surface area contributed by atoms with Crippen LogP contribution in [0, 0.1) is 6.92 Å². The minimum atomic E-state index is -4.96. The van der Waals surface area contributed by atoms with E-state index in [0.717, 1.165) is 16.2 Å². The average Bonchev–Trinajstić information content (AvgIpc) is 2.43. The summed E-state index contributed by atoms with van der Waals surface area (Å²) in [6, 6.07) is 0. The van der Waals surface area contributed by atoms with Crippen LogP contribution in [0.15, 0.2) is 6.20 Å². The number of thiazole rings is 1. The molecule has 0 saturated carbocycles. The third-order valence-electron chi connectivity index (χ3n) is 1.51. The van der Waals surface area contributed by atoms with Crippen molar-refractivity contribution in [2.45, 2.75) is 12.4 Å². The van der Waals surface area contributed by atoms with E-state index >= 15 is 0 Å². The van der Waals surface area contributed by atoms with Gasteiger partial charge in [-0.1, -0.05) is 0 Å². The van der Waals surface area contributed by atoms with Crippen LogP contribution in [0.2, 0.25) is 0 Å². The van der Waals surface area contributed by atoms with Gasteiger partial charge >= 0.3 is 15.2 Å². The van der Waals surface area contributed by atoms with Crippen molar-refractivity contribution in [3.63, 3.8) is 0 Å². The highest BCUT2D eigenvalue weighted by Crippen LogP contribution is 2.59. The van der Waals surface area contributed by atoms with Crippen molar-refractivity contribution in [3.8, 4) is 0 Å². The van der Waals surface area contributed by atoms with Crippen molar-refractivity contribution in [2.75, 3.05) is 5.32 Å². The molecule has 0 aliphatic heterocycles. The van der Waals surface area contributed by atoms with Crippen LogP contribution in [-0.4, -0.2) is 30.1 Å². The van der Waals surface area contributed by atoms with Crippen molar-refractivity contribution in [1.29, 1.82) is 0 Å². The first-order valence-corrected chi connectivity index (χ1v) is 8.08. The molecule has 0 aliphatic rings. The van der Waals surface area contributed by atoms with Gasteiger partial charge in [-0.25, -0.2) is 4.98 Å². The van der Waals surface area contributed by atoms with Gasteiger partial charge in [0, 0.05) is 11.1 Å². The third-order valence-corrected chi connectivity index (χ3v) is 5.69. The Labute approximate surface area is 94.7 Å².